The van der Waals surface area contributed by atoms with Gasteiger partial charge in [0.25, 0.3) is 5.91 Å². The molecule has 0 saturated carbocycles. The first-order valence-electron chi connectivity index (χ1n) is 7.29. The van der Waals surface area contributed by atoms with Crippen LogP contribution in [-0.2, 0) is 11.3 Å². The zero-order valence-electron chi connectivity index (χ0n) is 12.8. The fraction of sp³-hybridized carbons (Fsp3) is 0.235. The molecule has 0 bridgehead atoms. The molecule has 0 aliphatic carbocycles. The smallest absolute Gasteiger partial charge is 0.453 e. The topological polar surface area (TPSA) is 50.4 Å². The van der Waals surface area contributed by atoms with Gasteiger partial charge in [-0.2, -0.15) is 13.2 Å². The molecule has 0 saturated heterocycles. The monoisotopic (exact) mass is 336 g/mol. The zero-order valence-corrected chi connectivity index (χ0v) is 12.8. The normalized spacial score (nSPS) is 20.1. The summed E-state index contributed by atoms with van der Waals surface area (Å²) in [6.45, 7) is 1.56. The average Bonchev–Trinajstić information content (AvgIpc) is 2.53. The lowest BCUT2D eigenvalue weighted by atomic mass is 10.1. The van der Waals surface area contributed by atoms with Crippen LogP contribution in [0.25, 0.3) is 0 Å². The number of aryl methyl sites for hydroxylation is 1. The third kappa shape index (κ3) is 2.82. The highest BCUT2D eigenvalue weighted by Gasteiger charge is 2.65. The number of carbonyl (C=O) groups is 1. The number of nitrogens with one attached hydrogen (secondary N) is 2. The maximum Gasteiger partial charge on any atom is 0.453 e. The molecule has 7 heteroatoms. The third-order valence-electron chi connectivity index (χ3n) is 3.75. The van der Waals surface area contributed by atoms with Crippen LogP contribution in [-0.4, -0.2) is 17.8 Å². The molecule has 1 unspecified atom stereocenters. The SMILES string of the molecule is Cc1ccc2c(c1)OC(NCc1ccccc1)(C(F)(F)F)C(=O)N2. The van der Waals surface area contributed by atoms with Crippen molar-refractivity contribution in [1.29, 1.82) is 0 Å². The van der Waals surface area contributed by atoms with Crippen molar-refractivity contribution < 1.29 is 22.7 Å². The van der Waals surface area contributed by atoms with Crippen LogP contribution >= 0.6 is 0 Å². The number of benzene rings is 2. The van der Waals surface area contributed by atoms with Crippen molar-refractivity contribution in [3.05, 3.63) is 59.7 Å². The highest BCUT2D eigenvalue weighted by molar-refractivity contribution is 6.01. The number of fused-ring (bicyclic) bond motifs is 1. The second kappa shape index (κ2) is 5.83. The maximum absolute atomic E-state index is 13.7. The Morgan fingerprint density at radius 2 is 1.88 bits per heavy atom. The van der Waals surface area contributed by atoms with Crippen LogP contribution in [0.1, 0.15) is 11.1 Å². The molecule has 0 radical (unpaired) electrons. The quantitative estimate of drug-likeness (QED) is 0.903. The fourth-order valence-electron chi connectivity index (χ4n) is 2.46. The Balaban J connectivity index is 1.95. The molecule has 4 nitrogen and oxygen atoms in total. The Hall–Kier alpha value is -2.54. The number of alkyl halides is 3. The summed E-state index contributed by atoms with van der Waals surface area (Å²) in [6, 6.07) is 13.1. The van der Waals surface area contributed by atoms with Crippen LogP contribution in [0.15, 0.2) is 48.5 Å². The lowest BCUT2D eigenvalue weighted by Gasteiger charge is -2.39. The molecule has 1 aliphatic rings. The van der Waals surface area contributed by atoms with Crippen LogP contribution in [0, 0.1) is 6.92 Å². The number of ether oxygens (including phenoxy) is 1. The number of hydrogen-bond acceptors (Lipinski definition) is 3. The van der Waals surface area contributed by atoms with Crippen molar-refractivity contribution in [2.75, 3.05) is 5.32 Å². The van der Waals surface area contributed by atoms with E-state index in [-0.39, 0.29) is 18.0 Å². The van der Waals surface area contributed by atoms with Gasteiger partial charge in [0.15, 0.2) is 0 Å². The molecule has 0 spiro atoms. The van der Waals surface area contributed by atoms with Gasteiger partial charge in [0, 0.05) is 6.54 Å². The highest BCUT2D eigenvalue weighted by Crippen LogP contribution is 2.41. The van der Waals surface area contributed by atoms with Gasteiger partial charge in [-0.1, -0.05) is 36.4 Å². The van der Waals surface area contributed by atoms with Crippen molar-refractivity contribution in [3.8, 4) is 5.75 Å². The van der Waals surface area contributed by atoms with Crippen LogP contribution in [0.4, 0.5) is 18.9 Å². The van der Waals surface area contributed by atoms with E-state index in [1.165, 1.54) is 12.1 Å². The predicted molar refractivity (Wildman–Crippen MR) is 82.5 cm³/mol. The first-order chi connectivity index (χ1) is 11.3. The van der Waals surface area contributed by atoms with Gasteiger partial charge in [-0.25, -0.2) is 0 Å². The standard InChI is InChI=1S/C17H15F3N2O2/c1-11-7-8-13-14(9-11)24-16(15(23)22-13,17(18,19)20)21-10-12-5-3-2-4-6-12/h2-9,21H,10H2,1H3,(H,22,23). The van der Waals surface area contributed by atoms with Gasteiger partial charge >= 0.3 is 11.9 Å². The summed E-state index contributed by atoms with van der Waals surface area (Å²) in [5.74, 6) is -1.31. The summed E-state index contributed by atoms with van der Waals surface area (Å²) in [7, 11) is 0. The van der Waals surface area contributed by atoms with Gasteiger partial charge in [0.1, 0.15) is 5.75 Å². The van der Waals surface area contributed by atoms with Crippen molar-refractivity contribution >= 4 is 11.6 Å². The van der Waals surface area contributed by atoms with E-state index in [0.29, 0.717) is 5.56 Å². The van der Waals surface area contributed by atoms with E-state index < -0.39 is 17.8 Å². The zero-order chi connectivity index (χ0) is 17.4. The van der Waals surface area contributed by atoms with Crippen molar-refractivity contribution in [1.82, 2.24) is 5.32 Å². The lowest BCUT2D eigenvalue weighted by molar-refractivity contribution is -0.251. The molecule has 3 rings (SSSR count). The summed E-state index contributed by atoms with van der Waals surface area (Å²) in [5, 5.41) is 4.52. The minimum absolute atomic E-state index is 0.0208. The summed E-state index contributed by atoms with van der Waals surface area (Å²) < 4.78 is 46.2. The molecule has 2 N–H and O–H groups in total. The third-order valence-corrected chi connectivity index (χ3v) is 3.75. The fourth-order valence-corrected chi connectivity index (χ4v) is 2.46. The first-order valence-corrected chi connectivity index (χ1v) is 7.29. The summed E-state index contributed by atoms with van der Waals surface area (Å²) in [6.07, 6.45) is -4.94. The number of carbonyl (C=O) groups excluding carboxylic acids is 1. The Morgan fingerprint density at radius 1 is 1.17 bits per heavy atom. The molecule has 0 aromatic heterocycles. The number of anilines is 1. The molecular weight excluding hydrogens is 321 g/mol. The number of rotatable bonds is 3. The minimum atomic E-state index is -4.94. The van der Waals surface area contributed by atoms with E-state index in [1.807, 2.05) is 0 Å². The van der Waals surface area contributed by atoms with E-state index in [2.05, 4.69) is 10.6 Å². The second-order valence-electron chi connectivity index (χ2n) is 5.57. The van der Waals surface area contributed by atoms with E-state index >= 15 is 0 Å². The predicted octanol–water partition coefficient (Wildman–Crippen LogP) is 3.37. The molecule has 1 heterocycles. The Labute approximate surface area is 136 Å². The summed E-state index contributed by atoms with van der Waals surface area (Å²) in [4.78, 5) is 12.2. The second-order valence-corrected chi connectivity index (χ2v) is 5.57. The van der Waals surface area contributed by atoms with E-state index in [1.54, 1.807) is 43.3 Å². The van der Waals surface area contributed by atoms with Crippen LogP contribution in [0.5, 0.6) is 5.75 Å². The van der Waals surface area contributed by atoms with E-state index in [0.717, 1.165) is 5.56 Å². The number of amides is 1. The van der Waals surface area contributed by atoms with Crippen LogP contribution < -0.4 is 15.4 Å². The molecule has 126 valence electrons. The van der Waals surface area contributed by atoms with Crippen molar-refractivity contribution in [2.45, 2.75) is 25.4 Å². The van der Waals surface area contributed by atoms with Gasteiger partial charge in [0.2, 0.25) is 0 Å². The van der Waals surface area contributed by atoms with Gasteiger partial charge in [-0.3, -0.25) is 10.1 Å². The highest BCUT2D eigenvalue weighted by atomic mass is 19.4. The Bertz CT molecular complexity index is 762. The van der Waals surface area contributed by atoms with Crippen LogP contribution in [0.3, 0.4) is 0 Å². The first kappa shape index (κ1) is 16.3. The van der Waals surface area contributed by atoms with Gasteiger partial charge in [0.05, 0.1) is 5.69 Å². The molecule has 2 aromatic rings. The van der Waals surface area contributed by atoms with Gasteiger partial charge < -0.3 is 10.1 Å². The maximum atomic E-state index is 13.7. The average molecular weight is 336 g/mol. The number of hydrogen-bond donors (Lipinski definition) is 2. The Morgan fingerprint density at radius 3 is 2.54 bits per heavy atom. The molecule has 24 heavy (non-hydrogen) atoms. The minimum Gasteiger partial charge on any atom is -0.453 e. The lowest BCUT2D eigenvalue weighted by Crippen LogP contribution is -2.69. The van der Waals surface area contributed by atoms with E-state index in [4.69, 9.17) is 4.74 Å². The molecule has 1 amide bonds. The summed E-state index contributed by atoms with van der Waals surface area (Å²) >= 11 is 0. The molecule has 1 atom stereocenters. The molecule has 0 fully saturated rings. The van der Waals surface area contributed by atoms with Crippen LogP contribution in [0.2, 0.25) is 0 Å². The largest absolute Gasteiger partial charge is 0.453 e. The van der Waals surface area contributed by atoms with E-state index in [9.17, 15) is 18.0 Å². The Kier molecular flexibility index (Phi) is 3.96. The summed E-state index contributed by atoms with van der Waals surface area (Å²) in [5.41, 5.74) is -1.59. The van der Waals surface area contributed by atoms with Gasteiger partial charge in [-0.15, -0.1) is 0 Å². The van der Waals surface area contributed by atoms with Gasteiger partial charge in [-0.05, 0) is 30.2 Å². The molecular formula is C17H15F3N2O2. The molecule has 2 aromatic carbocycles. The number of halogens is 3. The van der Waals surface area contributed by atoms with Crippen molar-refractivity contribution in [3.63, 3.8) is 0 Å². The van der Waals surface area contributed by atoms with Crippen molar-refractivity contribution in [2.24, 2.45) is 0 Å². The molecule has 1 aliphatic heterocycles.